The number of hydrogen-bond acceptors (Lipinski definition) is 4. The lowest BCUT2D eigenvalue weighted by atomic mass is 9.93. The van der Waals surface area contributed by atoms with Gasteiger partial charge in [0.1, 0.15) is 17.5 Å². The van der Waals surface area contributed by atoms with Crippen LogP contribution in [0.2, 0.25) is 5.02 Å². The monoisotopic (exact) mass is 316 g/mol. The Morgan fingerprint density at radius 2 is 1.77 bits per heavy atom. The summed E-state index contributed by atoms with van der Waals surface area (Å²) in [6.07, 6.45) is 1.84. The third-order valence-corrected chi connectivity index (χ3v) is 4.26. The molecule has 1 aliphatic rings. The van der Waals surface area contributed by atoms with Crippen LogP contribution in [0.4, 0.5) is 0 Å². The third kappa shape index (κ3) is 2.62. The standard InChI is InChI=1S/C17H17ClN2O2/c1-2-20-10-19-16(14-8-7-13(22)9-15(14)18)17(20)11-3-5-12(21)6-4-11/h3-10,16-17,21-22H,2H2,1H3/t16-,17+/m0/s1. The number of aliphatic imine (C=N–C) groups is 1. The number of nitrogens with zero attached hydrogens (tertiary/aromatic N) is 2. The van der Waals surface area contributed by atoms with Crippen LogP contribution in [-0.4, -0.2) is 28.0 Å². The van der Waals surface area contributed by atoms with Crippen LogP contribution in [0, 0.1) is 0 Å². The molecule has 0 saturated carbocycles. The van der Waals surface area contributed by atoms with Crippen molar-refractivity contribution in [2.75, 3.05) is 6.54 Å². The predicted octanol–water partition coefficient (Wildman–Crippen LogP) is 3.90. The fourth-order valence-corrected chi connectivity index (χ4v) is 3.11. The summed E-state index contributed by atoms with van der Waals surface area (Å²) in [5.41, 5.74) is 1.94. The van der Waals surface area contributed by atoms with Gasteiger partial charge in [-0.3, -0.25) is 4.99 Å². The van der Waals surface area contributed by atoms with Crippen molar-refractivity contribution in [2.45, 2.75) is 19.0 Å². The molecule has 114 valence electrons. The highest BCUT2D eigenvalue weighted by Crippen LogP contribution is 2.43. The summed E-state index contributed by atoms with van der Waals surface area (Å²) in [5, 5.41) is 19.5. The second-order valence-electron chi connectivity index (χ2n) is 5.28. The van der Waals surface area contributed by atoms with Gasteiger partial charge < -0.3 is 15.1 Å². The molecule has 0 saturated heterocycles. The van der Waals surface area contributed by atoms with Crippen molar-refractivity contribution in [3.05, 3.63) is 58.6 Å². The first kappa shape index (κ1) is 14.7. The van der Waals surface area contributed by atoms with Crippen molar-refractivity contribution >= 4 is 17.9 Å². The minimum absolute atomic E-state index is 0.0210. The molecule has 5 heteroatoms. The lowest BCUT2D eigenvalue weighted by Gasteiger charge is -2.28. The summed E-state index contributed by atoms with van der Waals surface area (Å²) >= 11 is 6.29. The van der Waals surface area contributed by atoms with Gasteiger partial charge in [-0.1, -0.05) is 29.8 Å². The highest BCUT2D eigenvalue weighted by Gasteiger charge is 2.33. The smallest absolute Gasteiger partial charge is 0.117 e. The van der Waals surface area contributed by atoms with Crippen molar-refractivity contribution in [1.29, 1.82) is 0 Å². The summed E-state index contributed by atoms with van der Waals surface area (Å²) < 4.78 is 0. The van der Waals surface area contributed by atoms with Crippen LogP contribution in [0.1, 0.15) is 30.1 Å². The van der Waals surface area contributed by atoms with E-state index in [9.17, 15) is 10.2 Å². The van der Waals surface area contributed by atoms with Gasteiger partial charge in [0.2, 0.25) is 0 Å². The van der Waals surface area contributed by atoms with Gasteiger partial charge in [0.05, 0.1) is 12.4 Å². The van der Waals surface area contributed by atoms with E-state index in [0.717, 1.165) is 17.7 Å². The second-order valence-corrected chi connectivity index (χ2v) is 5.69. The van der Waals surface area contributed by atoms with Crippen LogP contribution in [-0.2, 0) is 0 Å². The predicted molar refractivity (Wildman–Crippen MR) is 87.6 cm³/mol. The number of likely N-dealkylation sites (N-methyl/N-ethyl adjacent to an activating group) is 1. The van der Waals surface area contributed by atoms with Crippen LogP contribution in [0.15, 0.2) is 47.5 Å². The molecular weight excluding hydrogens is 300 g/mol. The zero-order valence-electron chi connectivity index (χ0n) is 12.1. The number of phenols is 2. The molecule has 2 N–H and O–H groups in total. The maximum Gasteiger partial charge on any atom is 0.117 e. The number of hydrogen-bond donors (Lipinski definition) is 2. The SMILES string of the molecule is CCN1C=N[C@@H](c2ccc(O)cc2Cl)[C@H]1c1ccc(O)cc1. The van der Waals surface area contributed by atoms with Crippen LogP contribution in [0.3, 0.4) is 0 Å². The molecule has 2 aromatic rings. The lowest BCUT2D eigenvalue weighted by molar-refractivity contribution is 0.330. The molecule has 0 fully saturated rings. The maximum atomic E-state index is 9.53. The summed E-state index contributed by atoms with van der Waals surface area (Å²) in [5.74, 6) is 0.384. The molecule has 0 bridgehead atoms. The van der Waals surface area contributed by atoms with E-state index in [0.29, 0.717) is 5.02 Å². The molecule has 22 heavy (non-hydrogen) atoms. The van der Waals surface area contributed by atoms with Gasteiger partial charge in [0, 0.05) is 11.6 Å². The molecule has 0 amide bonds. The normalized spacial score (nSPS) is 20.5. The van der Waals surface area contributed by atoms with Gasteiger partial charge in [0.25, 0.3) is 0 Å². The van der Waals surface area contributed by atoms with Crippen LogP contribution >= 0.6 is 11.6 Å². The first-order valence-corrected chi connectivity index (χ1v) is 7.54. The lowest BCUT2D eigenvalue weighted by Crippen LogP contribution is -2.25. The van der Waals surface area contributed by atoms with E-state index in [1.807, 2.05) is 24.5 Å². The van der Waals surface area contributed by atoms with E-state index in [1.165, 1.54) is 6.07 Å². The Hall–Kier alpha value is -2.20. The van der Waals surface area contributed by atoms with Crippen LogP contribution < -0.4 is 0 Å². The molecule has 4 nitrogen and oxygen atoms in total. The highest BCUT2D eigenvalue weighted by molar-refractivity contribution is 6.31. The molecular formula is C17H17ClN2O2. The van der Waals surface area contributed by atoms with Crippen molar-refractivity contribution < 1.29 is 10.2 Å². The summed E-state index contributed by atoms with van der Waals surface area (Å²) in [6, 6.07) is 12.0. The summed E-state index contributed by atoms with van der Waals surface area (Å²) in [6.45, 7) is 2.89. The van der Waals surface area contributed by atoms with Crippen LogP contribution in [0.25, 0.3) is 0 Å². The van der Waals surface area contributed by atoms with Gasteiger partial charge in [0.15, 0.2) is 0 Å². The van der Waals surface area contributed by atoms with E-state index in [-0.39, 0.29) is 23.6 Å². The Bertz CT molecular complexity index is 700. The van der Waals surface area contributed by atoms with Crippen molar-refractivity contribution in [3.8, 4) is 11.5 Å². The molecule has 2 atom stereocenters. The van der Waals surface area contributed by atoms with Crippen molar-refractivity contribution in [3.63, 3.8) is 0 Å². The largest absolute Gasteiger partial charge is 0.508 e. The molecule has 0 radical (unpaired) electrons. The highest BCUT2D eigenvalue weighted by atomic mass is 35.5. The minimum Gasteiger partial charge on any atom is -0.508 e. The van der Waals surface area contributed by atoms with Gasteiger partial charge in [-0.2, -0.15) is 0 Å². The molecule has 0 aliphatic carbocycles. The Kier molecular flexibility index (Phi) is 3.94. The van der Waals surface area contributed by atoms with E-state index < -0.39 is 0 Å². The minimum atomic E-state index is -0.141. The van der Waals surface area contributed by atoms with Gasteiger partial charge in [-0.15, -0.1) is 0 Å². The maximum absolute atomic E-state index is 9.53. The second kappa shape index (κ2) is 5.89. The fraction of sp³-hybridized carbons (Fsp3) is 0.235. The van der Waals surface area contributed by atoms with E-state index in [2.05, 4.69) is 16.8 Å². The fourth-order valence-electron chi connectivity index (χ4n) is 2.82. The molecule has 1 aliphatic heterocycles. The Labute approximate surface area is 134 Å². The van der Waals surface area contributed by atoms with Gasteiger partial charge >= 0.3 is 0 Å². The first-order chi connectivity index (χ1) is 10.6. The van der Waals surface area contributed by atoms with E-state index >= 15 is 0 Å². The van der Waals surface area contributed by atoms with Crippen molar-refractivity contribution in [1.82, 2.24) is 4.90 Å². The summed E-state index contributed by atoms with van der Waals surface area (Å²) in [7, 11) is 0. The molecule has 1 heterocycles. The Balaban J connectivity index is 2.02. The number of rotatable bonds is 3. The number of halogens is 1. The van der Waals surface area contributed by atoms with E-state index in [4.69, 9.17) is 11.6 Å². The number of aromatic hydroxyl groups is 2. The van der Waals surface area contributed by atoms with Crippen molar-refractivity contribution in [2.24, 2.45) is 4.99 Å². The Morgan fingerprint density at radius 3 is 2.41 bits per heavy atom. The summed E-state index contributed by atoms with van der Waals surface area (Å²) in [4.78, 5) is 6.74. The molecule has 0 spiro atoms. The van der Waals surface area contributed by atoms with Gasteiger partial charge in [-0.25, -0.2) is 0 Å². The average Bonchev–Trinajstić information content (AvgIpc) is 2.92. The third-order valence-electron chi connectivity index (χ3n) is 3.93. The van der Waals surface area contributed by atoms with Gasteiger partial charge in [-0.05, 0) is 42.3 Å². The zero-order chi connectivity index (χ0) is 15.7. The van der Waals surface area contributed by atoms with E-state index in [1.54, 1.807) is 18.2 Å². The molecule has 2 aromatic carbocycles. The number of benzene rings is 2. The quantitative estimate of drug-likeness (QED) is 0.903. The molecule has 3 rings (SSSR count). The molecule has 0 aromatic heterocycles. The average molecular weight is 317 g/mol. The Morgan fingerprint density at radius 1 is 1.09 bits per heavy atom. The first-order valence-electron chi connectivity index (χ1n) is 7.16. The molecule has 0 unspecified atom stereocenters. The van der Waals surface area contributed by atoms with Crippen LogP contribution in [0.5, 0.6) is 11.5 Å². The number of phenolic OH excluding ortho intramolecular Hbond substituents is 2. The zero-order valence-corrected chi connectivity index (χ0v) is 12.9. The topological polar surface area (TPSA) is 56.1 Å².